The van der Waals surface area contributed by atoms with E-state index < -0.39 is 0 Å². The van der Waals surface area contributed by atoms with Crippen LogP contribution in [0.15, 0.2) is 53.2 Å². The maximum atomic E-state index is 5.87. The molecule has 0 aliphatic rings. The molecule has 0 atom stereocenters. The van der Waals surface area contributed by atoms with Crippen molar-refractivity contribution in [2.45, 2.75) is 20.3 Å². The highest BCUT2D eigenvalue weighted by Crippen LogP contribution is 2.32. The summed E-state index contributed by atoms with van der Waals surface area (Å²) in [5, 5.41) is 2.19. The molecule has 23 heavy (non-hydrogen) atoms. The molecule has 0 unspecified atom stereocenters. The summed E-state index contributed by atoms with van der Waals surface area (Å²) >= 11 is 0. The lowest BCUT2D eigenvalue weighted by Gasteiger charge is -2.06. The molecular formula is C20H19N2O+. The maximum absolute atomic E-state index is 5.87. The van der Waals surface area contributed by atoms with Crippen molar-refractivity contribution in [3.05, 3.63) is 59.9 Å². The van der Waals surface area contributed by atoms with Gasteiger partial charge in [-0.1, -0.05) is 6.92 Å². The van der Waals surface area contributed by atoms with Gasteiger partial charge in [-0.15, -0.1) is 0 Å². The van der Waals surface area contributed by atoms with Gasteiger partial charge in [-0.25, -0.2) is 9.55 Å². The largest absolute Gasteiger partial charge is 0.438 e. The lowest BCUT2D eigenvalue weighted by Crippen LogP contribution is -2.31. The zero-order valence-electron chi connectivity index (χ0n) is 13.6. The van der Waals surface area contributed by atoms with Crippen LogP contribution >= 0.6 is 0 Å². The summed E-state index contributed by atoms with van der Waals surface area (Å²) in [7, 11) is 2.10. The first-order valence-electron chi connectivity index (χ1n) is 7.94. The number of furan rings is 1. The third-order valence-electron chi connectivity index (χ3n) is 4.47. The highest BCUT2D eigenvalue weighted by atomic mass is 16.3. The first kappa shape index (κ1) is 13.9. The fourth-order valence-electron chi connectivity index (χ4n) is 3.19. The van der Waals surface area contributed by atoms with Crippen LogP contribution in [0.4, 0.5) is 0 Å². The molecule has 4 rings (SSSR count). The van der Waals surface area contributed by atoms with Gasteiger partial charge in [-0.2, -0.15) is 0 Å². The summed E-state index contributed by atoms with van der Waals surface area (Å²) < 4.78 is 8.07. The van der Waals surface area contributed by atoms with Gasteiger partial charge in [0, 0.05) is 34.2 Å². The molecule has 0 saturated carbocycles. The Kier molecular flexibility index (Phi) is 3.15. The zero-order valence-corrected chi connectivity index (χ0v) is 13.6. The molecule has 0 bridgehead atoms. The average Bonchev–Trinajstić information content (AvgIpc) is 2.91. The van der Waals surface area contributed by atoms with Gasteiger partial charge < -0.3 is 4.42 Å². The topological polar surface area (TPSA) is 29.9 Å². The lowest BCUT2D eigenvalue weighted by atomic mass is 10.0. The summed E-state index contributed by atoms with van der Waals surface area (Å²) in [5.74, 6) is 0. The Bertz CT molecular complexity index is 1030. The molecule has 0 saturated heterocycles. The Morgan fingerprint density at radius 1 is 1.13 bits per heavy atom. The number of pyridine rings is 2. The Hall–Kier alpha value is -2.68. The predicted molar refractivity (Wildman–Crippen MR) is 92.2 cm³/mol. The van der Waals surface area contributed by atoms with Gasteiger partial charge >= 0.3 is 0 Å². The van der Waals surface area contributed by atoms with E-state index in [0.29, 0.717) is 5.71 Å². The van der Waals surface area contributed by atoms with Crippen LogP contribution < -0.4 is 4.57 Å². The molecule has 114 valence electrons. The average molecular weight is 303 g/mol. The molecule has 3 heterocycles. The molecule has 0 amide bonds. The summed E-state index contributed by atoms with van der Waals surface area (Å²) in [6.07, 6.45) is 5.01. The van der Waals surface area contributed by atoms with Crippen LogP contribution in [0.5, 0.6) is 0 Å². The van der Waals surface area contributed by atoms with Gasteiger partial charge in [-0.05, 0) is 49.2 Å². The molecule has 0 spiro atoms. The van der Waals surface area contributed by atoms with Crippen molar-refractivity contribution in [3.8, 4) is 11.3 Å². The van der Waals surface area contributed by atoms with E-state index in [1.54, 1.807) is 6.20 Å². The molecule has 3 heteroatoms. The van der Waals surface area contributed by atoms with E-state index >= 15 is 0 Å². The number of hydrogen-bond acceptors (Lipinski definition) is 2. The fraction of sp³-hybridized carbons (Fsp3) is 0.200. The first-order valence-corrected chi connectivity index (χ1v) is 7.94. The molecular weight excluding hydrogens is 284 g/mol. The van der Waals surface area contributed by atoms with Gasteiger partial charge in [0.05, 0.1) is 0 Å². The van der Waals surface area contributed by atoms with Gasteiger partial charge in [-0.3, -0.25) is 0 Å². The Morgan fingerprint density at radius 3 is 2.78 bits per heavy atom. The highest BCUT2D eigenvalue weighted by Gasteiger charge is 2.16. The summed E-state index contributed by atoms with van der Waals surface area (Å²) in [6.45, 7) is 4.31. The summed E-state index contributed by atoms with van der Waals surface area (Å²) in [6, 6.07) is 12.8. The molecule has 0 aliphatic carbocycles. The van der Waals surface area contributed by atoms with Crippen molar-refractivity contribution in [2.75, 3.05) is 0 Å². The van der Waals surface area contributed by atoms with E-state index in [1.807, 2.05) is 6.07 Å². The molecule has 1 aromatic carbocycles. The van der Waals surface area contributed by atoms with E-state index in [-0.39, 0.29) is 0 Å². The number of nitrogens with zero attached hydrogens (tertiary/aromatic N) is 2. The minimum Gasteiger partial charge on any atom is -0.438 e. The monoisotopic (exact) mass is 303 g/mol. The van der Waals surface area contributed by atoms with E-state index in [9.17, 15) is 0 Å². The van der Waals surface area contributed by atoms with Gasteiger partial charge in [0.1, 0.15) is 12.6 Å². The molecule has 0 radical (unpaired) electrons. The van der Waals surface area contributed by atoms with E-state index in [0.717, 1.165) is 22.8 Å². The summed E-state index contributed by atoms with van der Waals surface area (Å²) in [4.78, 5) is 4.32. The number of benzene rings is 1. The minimum atomic E-state index is 0.699. The molecule has 0 fully saturated rings. The number of fused-ring (bicyclic) bond motifs is 3. The molecule has 0 N–H and O–H groups in total. The van der Waals surface area contributed by atoms with E-state index in [4.69, 9.17) is 4.42 Å². The van der Waals surface area contributed by atoms with Crippen LogP contribution in [-0.4, -0.2) is 4.98 Å². The SMILES string of the molecule is CCc1ccc(-c2cc3c(cc2C)oc2ncccc23)[n+](C)c1. The maximum Gasteiger partial charge on any atom is 0.227 e. The van der Waals surface area contributed by atoms with Gasteiger partial charge in [0.15, 0.2) is 6.20 Å². The van der Waals surface area contributed by atoms with Crippen LogP contribution in [-0.2, 0) is 13.5 Å². The van der Waals surface area contributed by atoms with Gasteiger partial charge in [0.25, 0.3) is 0 Å². The Morgan fingerprint density at radius 2 is 2.00 bits per heavy atom. The van der Waals surface area contributed by atoms with Crippen molar-refractivity contribution in [2.24, 2.45) is 7.05 Å². The normalized spacial score (nSPS) is 11.4. The van der Waals surface area contributed by atoms with Crippen molar-refractivity contribution < 1.29 is 8.98 Å². The van der Waals surface area contributed by atoms with Crippen molar-refractivity contribution in [3.63, 3.8) is 0 Å². The Balaban J connectivity index is 1.99. The molecule has 3 aromatic heterocycles. The van der Waals surface area contributed by atoms with Crippen molar-refractivity contribution >= 4 is 22.1 Å². The lowest BCUT2D eigenvalue weighted by molar-refractivity contribution is -0.660. The third kappa shape index (κ3) is 2.20. The second kappa shape index (κ2) is 5.20. The van der Waals surface area contributed by atoms with E-state index in [2.05, 4.69) is 67.0 Å². The third-order valence-corrected chi connectivity index (χ3v) is 4.47. The van der Waals surface area contributed by atoms with Crippen LogP contribution in [0.1, 0.15) is 18.1 Å². The molecule has 3 nitrogen and oxygen atoms in total. The van der Waals surface area contributed by atoms with Crippen molar-refractivity contribution in [1.29, 1.82) is 0 Å². The standard InChI is InChI=1S/C20H19N2O/c1-4-14-7-8-18(22(3)12-14)16-11-17-15-6-5-9-21-20(15)23-19(17)10-13(16)2/h5-12H,4H2,1-3H3/q+1. The van der Waals surface area contributed by atoms with Crippen LogP contribution in [0.3, 0.4) is 0 Å². The van der Waals surface area contributed by atoms with Crippen LogP contribution in [0.25, 0.3) is 33.3 Å². The number of rotatable bonds is 2. The molecule has 0 aliphatic heterocycles. The minimum absolute atomic E-state index is 0.699. The number of aromatic nitrogens is 2. The molecule has 4 aromatic rings. The zero-order chi connectivity index (χ0) is 16.0. The quantitative estimate of drug-likeness (QED) is 0.515. The van der Waals surface area contributed by atoms with E-state index in [1.165, 1.54) is 22.4 Å². The predicted octanol–water partition coefficient (Wildman–Crippen LogP) is 4.34. The first-order chi connectivity index (χ1) is 11.2. The smallest absolute Gasteiger partial charge is 0.227 e. The second-order valence-electron chi connectivity index (χ2n) is 6.01. The summed E-state index contributed by atoms with van der Waals surface area (Å²) in [5.41, 5.74) is 6.58. The van der Waals surface area contributed by atoms with Crippen LogP contribution in [0, 0.1) is 6.92 Å². The highest BCUT2D eigenvalue weighted by molar-refractivity contribution is 6.05. The fourth-order valence-corrected chi connectivity index (χ4v) is 3.19. The number of aryl methyl sites for hydroxylation is 3. The van der Waals surface area contributed by atoms with Gasteiger partial charge in [0.2, 0.25) is 11.4 Å². The van der Waals surface area contributed by atoms with Crippen LogP contribution in [0.2, 0.25) is 0 Å². The Labute approximate surface area is 135 Å². The van der Waals surface area contributed by atoms with Crippen molar-refractivity contribution in [1.82, 2.24) is 4.98 Å². The number of hydrogen-bond donors (Lipinski definition) is 0. The second-order valence-corrected chi connectivity index (χ2v) is 6.01.